The largest absolute Gasteiger partial charge is 0.471 e. The van der Waals surface area contributed by atoms with E-state index in [1.165, 1.54) is 51.3 Å². The van der Waals surface area contributed by atoms with Crippen molar-refractivity contribution in [2.45, 2.75) is 224 Å². The Hall–Kier alpha value is -15.2. The van der Waals surface area contributed by atoms with Gasteiger partial charge in [0.05, 0.1) is 36.5 Å². The van der Waals surface area contributed by atoms with Crippen LogP contribution < -0.4 is 37.6 Å². The normalized spacial score (nSPS) is 21.2. The van der Waals surface area contributed by atoms with E-state index < -0.39 is 135 Å². The molecule has 2 aliphatic carbocycles. The molecule has 758 valence electrons. The Morgan fingerprint density at radius 1 is 0.510 bits per heavy atom. The van der Waals surface area contributed by atoms with Crippen molar-refractivity contribution in [1.82, 2.24) is 51.3 Å². The molecule has 0 spiro atoms. The van der Waals surface area contributed by atoms with Crippen LogP contribution in [0.4, 0.5) is 26.3 Å². The number of alkyl halides is 6. The predicted molar refractivity (Wildman–Crippen MR) is 536 cm³/mol. The highest BCUT2D eigenvalue weighted by Gasteiger charge is 2.71. The number of terminal acetylenes is 1. The third-order valence-electron chi connectivity index (χ3n) is 21.4. The fourth-order valence-corrected chi connectivity index (χ4v) is 23.5. The molecule has 7 fully saturated rings. The van der Waals surface area contributed by atoms with Gasteiger partial charge in [-0.2, -0.15) is 31.6 Å². The minimum absolute atomic E-state index is 0. The fourth-order valence-electron chi connectivity index (χ4n) is 14.2. The number of nitrogens with one attached hydrogen (secondary N) is 6. The maximum atomic E-state index is 13.5. The molecule has 1 aromatic heterocycles. The molecule has 0 bridgehead atoms. The second-order valence-corrected chi connectivity index (χ2v) is 43.0. The zero-order valence-electron chi connectivity index (χ0n) is 83.1. The van der Waals surface area contributed by atoms with Gasteiger partial charge in [0.1, 0.15) is 36.3 Å². The Labute approximate surface area is 848 Å². The number of ether oxygens (including phenoxy) is 1. The number of rotatable bonds is 19. The maximum absolute atomic E-state index is 13.5. The number of halogens is 6. The van der Waals surface area contributed by atoms with E-state index in [0.717, 1.165) is 0 Å². The lowest BCUT2D eigenvalue weighted by molar-refractivity contribution is -0.176. The van der Waals surface area contributed by atoms with Gasteiger partial charge in [0.25, 0.3) is 0 Å². The van der Waals surface area contributed by atoms with Gasteiger partial charge in [-0.15, -0.1) is 6.42 Å². The number of carbonyl (C=O) groups excluding carboxylic acids is 9. The standard InChI is InChI=1S/C43H4.C23H34F3N5O5.C23H32F3N5O4.C9H21O6P3.C5H12O.C4H6N2.CH4/c1-3-5-7-9-11-13-15-17-19-21-23-25-27-29-31-33-35-37-39-41-43-42-40-38-36-34-32-30-28-26-24-22-20-18-16-14-12-10-8-6-4-2;1-21(2,3)15(30-20(36)23(24,25)26)19(35)31-9-11-13(22(11,4)5)14(31)18(34)29-12(16(27)32)8-10-6-7-28-17(10)33;1-21(2,3)16(30-20(35)23(24,25)26)19(34)31-10-13-14(22(13,4)5)15(31)18(33)29-12(9-27)8-11-6-7-28-17(11)32;1-4-7-16(10)13-17(11,8-5-2)15-18(12,14-16)9-6-3;1-5(2,3)6-4;1-6-3-2-5-4-6;/h1H,2H3;10-15H,6-9H2,1-5H3,(H2,27,32)(H,28,33)(H,29,34)(H,30,36);11-16H,6-8,10H2,1-5H3,(H,28,32)(H,29,33)(H,30,35);4-9H2,1-3H3;1-4H3;2-4H,1H3;1H4/t;10-,11-,12-,13-,14-,15+;11-,12-,13-,14-,15-,16+;;;;/m.00..../s1. The fraction of sp³-hybridized carbons (Fsp3) is 0.491. The highest BCUT2D eigenvalue weighted by atomic mass is 31.3. The van der Waals surface area contributed by atoms with Gasteiger partial charge in [0, 0.05) is 207 Å². The van der Waals surface area contributed by atoms with Crippen LogP contribution in [-0.4, -0.2) is 178 Å². The molecule has 37 heteroatoms. The highest BCUT2D eigenvalue weighted by molar-refractivity contribution is 7.80. The molecule has 2 saturated carbocycles. The van der Waals surface area contributed by atoms with Crippen LogP contribution in [0, 0.1) is 318 Å². The number of methoxy groups -OCH3 is 1. The van der Waals surface area contributed by atoms with E-state index in [1.54, 1.807) is 58.0 Å². The van der Waals surface area contributed by atoms with Crippen molar-refractivity contribution in [2.24, 2.45) is 69.9 Å². The van der Waals surface area contributed by atoms with Crippen molar-refractivity contribution in [2.75, 3.05) is 51.8 Å². The molecule has 145 heavy (non-hydrogen) atoms. The number of hydrogen-bond donors (Lipinski definition) is 7. The molecule has 8 rings (SSSR count). The molecular formula is C108H113F6N12O16P3. The lowest BCUT2D eigenvalue weighted by Gasteiger charge is -2.38. The molecule has 8 N–H and O–H groups in total. The molecule has 1 aromatic rings. The smallest absolute Gasteiger partial charge is 0.379 e. The molecule has 28 nitrogen and oxygen atoms in total. The van der Waals surface area contributed by atoms with E-state index in [0.29, 0.717) is 45.2 Å². The van der Waals surface area contributed by atoms with Crippen molar-refractivity contribution < 1.29 is 101 Å². The first-order chi connectivity index (χ1) is 67.5. The topological polar surface area (TPSA) is 388 Å². The summed E-state index contributed by atoms with van der Waals surface area (Å²) in [7, 11) is -7.06. The number of amides is 9. The van der Waals surface area contributed by atoms with Crippen LogP contribution in [-0.2, 0) is 81.6 Å². The second kappa shape index (κ2) is 60.3. The second-order valence-electron chi connectivity index (χ2n) is 36.1. The van der Waals surface area contributed by atoms with Crippen molar-refractivity contribution in [3.05, 3.63) is 18.7 Å². The number of likely N-dealkylation sites (tertiary alicyclic amines) is 2. The first kappa shape index (κ1) is 126. The Morgan fingerprint density at radius 2 is 0.793 bits per heavy atom. The summed E-state index contributed by atoms with van der Waals surface area (Å²) in [5.41, 5.74) is 2.80. The van der Waals surface area contributed by atoms with Gasteiger partial charge in [-0.3, -0.25) is 56.8 Å². The predicted octanol–water partition coefficient (Wildman–Crippen LogP) is 9.21. The number of primary amides is 1. The van der Waals surface area contributed by atoms with E-state index in [2.05, 4.69) is 269 Å². The van der Waals surface area contributed by atoms with E-state index in [4.69, 9.17) is 29.8 Å². The molecule has 0 radical (unpaired) electrons. The molecule has 6 heterocycles. The Bertz CT molecular complexity index is 6580. The van der Waals surface area contributed by atoms with E-state index in [9.17, 15) is 88.5 Å². The Morgan fingerprint density at radius 3 is 1.01 bits per heavy atom. The molecule has 12 atom stereocenters. The summed E-state index contributed by atoms with van der Waals surface area (Å²) >= 11 is 0. The van der Waals surface area contributed by atoms with Crippen molar-refractivity contribution in [3.63, 3.8) is 0 Å². The number of aromatic nitrogens is 2. The summed E-state index contributed by atoms with van der Waals surface area (Å²) in [4.78, 5) is 119. The molecule has 7 aliphatic rings. The van der Waals surface area contributed by atoms with Crippen LogP contribution in [0.5, 0.6) is 0 Å². The number of nitrogens with zero attached hydrogens (tertiary/aromatic N) is 5. The number of imidazole rings is 1. The first-order valence-electron chi connectivity index (χ1n) is 44.5. The average molecular weight is 2040 g/mol. The number of piperidine rings is 2. The third kappa shape index (κ3) is 44.9. The molecular weight excluding hydrogens is 1930 g/mol. The number of hydrogen-bond acceptors (Lipinski definition) is 18. The zero-order chi connectivity index (χ0) is 108. The van der Waals surface area contributed by atoms with Crippen LogP contribution in [0.1, 0.15) is 170 Å². The van der Waals surface area contributed by atoms with Crippen molar-refractivity contribution >= 4 is 76.0 Å². The van der Waals surface area contributed by atoms with Gasteiger partial charge < -0.3 is 56.7 Å². The molecule has 0 aromatic carbocycles. The van der Waals surface area contributed by atoms with Crippen LogP contribution in [0.15, 0.2) is 18.7 Å². The minimum atomic E-state index is -5.18. The van der Waals surface area contributed by atoms with Gasteiger partial charge in [-0.1, -0.05) is 103 Å². The number of carbonyl (C=O) groups is 9. The van der Waals surface area contributed by atoms with Crippen molar-refractivity contribution in [3.8, 4) is 255 Å². The lowest BCUT2D eigenvalue weighted by atomic mass is 9.85. The summed E-state index contributed by atoms with van der Waals surface area (Å²) in [6, 6.07) is -5.25. The van der Waals surface area contributed by atoms with Crippen LogP contribution in [0.25, 0.3) is 0 Å². The highest BCUT2D eigenvalue weighted by Crippen LogP contribution is 2.82. The van der Waals surface area contributed by atoms with Gasteiger partial charge in [-0.05, 0) is 213 Å². The van der Waals surface area contributed by atoms with Gasteiger partial charge in [0.15, 0.2) is 0 Å². The van der Waals surface area contributed by atoms with Crippen LogP contribution >= 0.6 is 22.8 Å². The maximum Gasteiger partial charge on any atom is 0.471 e. The quantitative estimate of drug-likeness (QED) is 0.0385. The van der Waals surface area contributed by atoms with Crippen molar-refractivity contribution in [1.29, 1.82) is 5.26 Å². The average Bonchev–Trinajstić information content (AvgIpc) is 1.53. The summed E-state index contributed by atoms with van der Waals surface area (Å²) in [5, 5.41) is 23.7. The number of nitrogens with two attached hydrogens (primary N) is 1. The summed E-state index contributed by atoms with van der Waals surface area (Å²) < 4.78 is 137. The van der Waals surface area contributed by atoms with E-state index in [-0.39, 0.29) is 104 Å². The molecule has 5 aliphatic heterocycles. The number of aryl methyl sites for hydroxylation is 1. The summed E-state index contributed by atoms with van der Waals surface area (Å²) in [6.45, 7) is 31.2. The number of fused-ring (bicyclic) bond motifs is 2. The third-order valence-corrected chi connectivity index (χ3v) is 30.3. The van der Waals surface area contributed by atoms with Gasteiger partial charge >= 0.3 is 47.0 Å². The first-order valence-corrected chi connectivity index (χ1v) is 49.7. The molecule has 0 unspecified atom stereocenters. The van der Waals surface area contributed by atoms with E-state index >= 15 is 0 Å². The summed E-state index contributed by atoms with van der Waals surface area (Å²) in [5.74, 6) is 91.7. The Kier molecular flexibility index (Phi) is 52.3. The number of nitriles is 1. The Balaban J connectivity index is 0.000000641. The monoisotopic (exact) mass is 2040 g/mol. The van der Waals surface area contributed by atoms with Crippen LogP contribution in [0.2, 0.25) is 0 Å². The minimum Gasteiger partial charge on any atom is -0.379 e. The van der Waals surface area contributed by atoms with Gasteiger partial charge in [0.2, 0.25) is 41.4 Å². The molecule has 9 amide bonds. The zero-order valence-corrected chi connectivity index (χ0v) is 85.8. The van der Waals surface area contributed by atoms with Gasteiger partial charge in [-0.25, -0.2) is 17.9 Å². The SMILES string of the molecule is C.C#CC#CC#CC#CC#CC#CC#CC#CC#CC#CC#CC#CC#CC#CC#CC#CC#CC#CC#CC#CC#CC.CC(C)(C)[C@H](NC(=O)C(F)(F)F)C(=O)N1C[C@H]2[C@@H]([C@H]1C(=O)N[C@@H](C[C@@H]1CCNC1=O)C(N)=O)C2(C)C.CC(C)(C)[C@H](NC(=O)C(F)(F)F)C(=O)N1C[C@H]2[C@@H]([C@H]1C(=O)N[C@H](C#N)C[C@@H]1CCNC1=O)C2(C)C.CCCP1(=O)OP(=O)(CCC)OP(=O)(CCC)O1.COC(C)(C)C.Cn1ccnc1. The summed E-state index contributed by atoms with van der Waals surface area (Å²) in [6.07, 6.45) is 3.06. The van der Waals surface area contributed by atoms with Crippen LogP contribution in [0.3, 0.4) is 0 Å². The lowest BCUT2D eigenvalue weighted by Crippen LogP contribution is -2.61. The molecule has 5 saturated heterocycles. The van der Waals surface area contributed by atoms with E-state index in [1.807, 2.05) is 72.3 Å².